The zero-order chi connectivity index (χ0) is 8.97. The van der Waals surface area contributed by atoms with Crippen molar-refractivity contribution in [3.63, 3.8) is 0 Å². The van der Waals surface area contributed by atoms with Crippen LogP contribution >= 0.6 is 34.2 Å². The molecular weight excluding hydrogens is 286 g/mol. The molecule has 0 heterocycles. The van der Waals surface area contributed by atoms with Crippen molar-refractivity contribution < 1.29 is 4.74 Å². The predicted octanol–water partition coefficient (Wildman–Crippen LogP) is 3.73. The normalized spacial score (nSPS) is 9.92. The summed E-state index contributed by atoms with van der Waals surface area (Å²) < 4.78 is 6.57. The summed E-state index contributed by atoms with van der Waals surface area (Å²) in [4.78, 5) is 0. The van der Waals surface area contributed by atoms with Crippen molar-refractivity contribution in [2.45, 2.75) is 13.3 Å². The molecule has 0 aliphatic rings. The second-order valence-corrected chi connectivity index (χ2v) is 4.08. The maximum Gasteiger partial charge on any atom is 0.138 e. The van der Waals surface area contributed by atoms with E-state index in [0.717, 1.165) is 22.3 Å². The molecule has 1 rings (SSSR count). The second-order valence-electron chi connectivity index (χ2n) is 2.42. The predicted molar refractivity (Wildman–Crippen MR) is 60.0 cm³/mol. The van der Waals surface area contributed by atoms with Crippen molar-refractivity contribution in [3.8, 4) is 5.75 Å². The minimum Gasteiger partial charge on any atom is -0.492 e. The van der Waals surface area contributed by atoms with Crippen molar-refractivity contribution in [1.82, 2.24) is 0 Å². The van der Waals surface area contributed by atoms with Crippen LogP contribution in [0, 0.1) is 3.57 Å². The lowest BCUT2D eigenvalue weighted by Crippen LogP contribution is -1.95. The summed E-state index contributed by atoms with van der Waals surface area (Å²) in [7, 11) is 0. The van der Waals surface area contributed by atoms with Gasteiger partial charge in [-0.25, -0.2) is 0 Å². The van der Waals surface area contributed by atoms with Gasteiger partial charge < -0.3 is 4.74 Å². The van der Waals surface area contributed by atoms with Gasteiger partial charge in [-0.15, -0.1) is 0 Å². The zero-order valence-corrected chi connectivity index (χ0v) is 9.72. The maximum absolute atomic E-state index is 5.90. The molecule has 0 amide bonds. The molecule has 1 aromatic rings. The van der Waals surface area contributed by atoms with Crippen LogP contribution < -0.4 is 4.74 Å². The summed E-state index contributed by atoms with van der Waals surface area (Å²) in [6.07, 6.45) is 1.00. The van der Waals surface area contributed by atoms with Gasteiger partial charge >= 0.3 is 0 Å². The Hall–Kier alpha value is 0.0400. The highest BCUT2D eigenvalue weighted by molar-refractivity contribution is 14.1. The molecule has 66 valence electrons. The van der Waals surface area contributed by atoms with E-state index in [1.54, 1.807) is 0 Å². The molecule has 1 aromatic carbocycles. The summed E-state index contributed by atoms with van der Waals surface area (Å²) in [6.45, 7) is 2.79. The van der Waals surface area contributed by atoms with Crippen LogP contribution in [-0.4, -0.2) is 6.61 Å². The minimum atomic E-state index is 0.684. The quantitative estimate of drug-likeness (QED) is 0.772. The highest BCUT2D eigenvalue weighted by Crippen LogP contribution is 2.26. The van der Waals surface area contributed by atoms with E-state index in [0.29, 0.717) is 5.02 Å². The number of rotatable bonds is 3. The fourth-order valence-corrected chi connectivity index (χ4v) is 1.43. The Kier molecular flexibility index (Phi) is 4.15. The van der Waals surface area contributed by atoms with Crippen LogP contribution in [0.25, 0.3) is 0 Å². The molecule has 0 N–H and O–H groups in total. The van der Waals surface area contributed by atoms with E-state index >= 15 is 0 Å². The SMILES string of the molecule is CCCOc1cc(I)ccc1Cl. The van der Waals surface area contributed by atoms with E-state index in [2.05, 4.69) is 29.5 Å². The maximum atomic E-state index is 5.90. The Morgan fingerprint density at radius 3 is 2.92 bits per heavy atom. The molecule has 1 nitrogen and oxygen atoms in total. The Balaban J connectivity index is 2.75. The Labute approximate surface area is 91.2 Å². The van der Waals surface area contributed by atoms with Crippen LogP contribution in [0.2, 0.25) is 5.02 Å². The van der Waals surface area contributed by atoms with Crippen molar-refractivity contribution in [3.05, 3.63) is 26.8 Å². The van der Waals surface area contributed by atoms with Gasteiger partial charge in [-0.2, -0.15) is 0 Å². The molecule has 0 aromatic heterocycles. The Morgan fingerprint density at radius 1 is 1.50 bits per heavy atom. The first kappa shape index (κ1) is 10.1. The third-order valence-corrected chi connectivity index (χ3v) is 2.34. The summed E-state index contributed by atoms with van der Waals surface area (Å²) in [5.41, 5.74) is 0. The number of ether oxygens (including phenoxy) is 1. The number of halogens is 2. The topological polar surface area (TPSA) is 9.23 Å². The first-order chi connectivity index (χ1) is 5.74. The summed E-state index contributed by atoms with van der Waals surface area (Å²) in [5, 5.41) is 0.684. The van der Waals surface area contributed by atoms with Gasteiger partial charge in [0.1, 0.15) is 5.75 Å². The zero-order valence-electron chi connectivity index (χ0n) is 6.81. The smallest absolute Gasteiger partial charge is 0.138 e. The van der Waals surface area contributed by atoms with Gasteiger partial charge in [0.25, 0.3) is 0 Å². The lowest BCUT2D eigenvalue weighted by molar-refractivity contribution is 0.317. The van der Waals surface area contributed by atoms with Gasteiger partial charge in [0.2, 0.25) is 0 Å². The van der Waals surface area contributed by atoms with E-state index in [-0.39, 0.29) is 0 Å². The Morgan fingerprint density at radius 2 is 2.25 bits per heavy atom. The van der Waals surface area contributed by atoms with Gasteiger partial charge in [0.15, 0.2) is 0 Å². The molecule has 0 bridgehead atoms. The lowest BCUT2D eigenvalue weighted by atomic mass is 10.3. The van der Waals surface area contributed by atoms with Crippen LogP contribution in [-0.2, 0) is 0 Å². The molecule has 0 saturated carbocycles. The third-order valence-electron chi connectivity index (χ3n) is 1.35. The first-order valence-corrected chi connectivity index (χ1v) is 5.27. The molecule has 0 atom stereocenters. The Bertz CT molecular complexity index is 263. The molecule has 3 heteroatoms. The summed E-state index contributed by atoms with van der Waals surface area (Å²) in [5.74, 6) is 0.783. The molecule has 0 spiro atoms. The van der Waals surface area contributed by atoms with Gasteiger partial charge in [-0.1, -0.05) is 18.5 Å². The van der Waals surface area contributed by atoms with E-state index in [9.17, 15) is 0 Å². The number of hydrogen-bond acceptors (Lipinski definition) is 1. The fraction of sp³-hybridized carbons (Fsp3) is 0.333. The van der Waals surface area contributed by atoms with Crippen LogP contribution in [0.5, 0.6) is 5.75 Å². The van der Waals surface area contributed by atoms with Crippen LogP contribution in [0.4, 0.5) is 0 Å². The molecule has 12 heavy (non-hydrogen) atoms. The van der Waals surface area contributed by atoms with E-state index in [4.69, 9.17) is 16.3 Å². The third kappa shape index (κ3) is 2.83. The average Bonchev–Trinajstić information content (AvgIpc) is 2.07. The lowest BCUT2D eigenvalue weighted by Gasteiger charge is -2.06. The highest BCUT2D eigenvalue weighted by Gasteiger charge is 2.00. The van der Waals surface area contributed by atoms with Crippen molar-refractivity contribution in [1.29, 1.82) is 0 Å². The van der Waals surface area contributed by atoms with Crippen molar-refractivity contribution in [2.75, 3.05) is 6.61 Å². The van der Waals surface area contributed by atoms with E-state index < -0.39 is 0 Å². The van der Waals surface area contributed by atoms with Crippen LogP contribution in [0.1, 0.15) is 13.3 Å². The van der Waals surface area contributed by atoms with Crippen molar-refractivity contribution in [2.24, 2.45) is 0 Å². The molecule has 0 saturated heterocycles. The van der Waals surface area contributed by atoms with Gasteiger partial charge in [0.05, 0.1) is 11.6 Å². The van der Waals surface area contributed by atoms with Crippen LogP contribution in [0.3, 0.4) is 0 Å². The molecular formula is C9H10ClIO. The molecule has 0 aliphatic carbocycles. The second kappa shape index (κ2) is 4.92. The molecule has 0 unspecified atom stereocenters. The molecule has 0 aliphatic heterocycles. The van der Waals surface area contributed by atoms with Crippen molar-refractivity contribution >= 4 is 34.2 Å². The van der Waals surface area contributed by atoms with Gasteiger partial charge in [-0.05, 0) is 47.2 Å². The largest absolute Gasteiger partial charge is 0.492 e. The first-order valence-electron chi connectivity index (χ1n) is 3.82. The summed E-state index contributed by atoms with van der Waals surface area (Å²) >= 11 is 8.14. The van der Waals surface area contributed by atoms with Gasteiger partial charge in [-0.3, -0.25) is 0 Å². The fourth-order valence-electron chi connectivity index (χ4n) is 0.800. The average molecular weight is 297 g/mol. The van der Waals surface area contributed by atoms with E-state index in [1.165, 1.54) is 0 Å². The van der Waals surface area contributed by atoms with E-state index in [1.807, 2.05) is 18.2 Å². The monoisotopic (exact) mass is 296 g/mol. The van der Waals surface area contributed by atoms with Crippen LogP contribution in [0.15, 0.2) is 18.2 Å². The minimum absolute atomic E-state index is 0.684. The number of benzene rings is 1. The number of hydrogen-bond donors (Lipinski definition) is 0. The summed E-state index contributed by atoms with van der Waals surface area (Å²) in [6, 6.07) is 5.76. The molecule has 0 fully saturated rings. The van der Waals surface area contributed by atoms with Gasteiger partial charge in [0, 0.05) is 3.57 Å². The highest BCUT2D eigenvalue weighted by atomic mass is 127. The molecule has 0 radical (unpaired) electrons. The standard InChI is InChI=1S/C9H10ClIO/c1-2-5-12-9-6-7(11)3-4-8(9)10/h3-4,6H,2,5H2,1H3.